The van der Waals surface area contributed by atoms with Crippen molar-refractivity contribution in [2.45, 2.75) is 44.6 Å². The average molecular weight is 178 g/mol. The van der Waals surface area contributed by atoms with Crippen molar-refractivity contribution in [3.8, 4) is 0 Å². The van der Waals surface area contributed by atoms with Crippen LogP contribution in [0.5, 0.6) is 0 Å². The van der Waals surface area contributed by atoms with E-state index >= 15 is 0 Å². The van der Waals surface area contributed by atoms with Crippen LogP contribution in [-0.2, 0) is 4.74 Å². The van der Waals surface area contributed by atoms with Gasteiger partial charge in [0.25, 0.3) is 0 Å². The quantitative estimate of drug-likeness (QED) is 0.562. The lowest BCUT2D eigenvalue weighted by Gasteiger charge is -2.56. The molecule has 5 fully saturated rings. The first-order chi connectivity index (χ1) is 6.34. The Morgan fingerprint density at radius 1 is 0.846 bits per heavy atom. The molecule has 1 nitrogen and oxygen atoms in total. The topological polar surface area (TPSA) is 12.5 Å². The zero-order chi connectivity index (χ0) is 8.47. The van der Waals surface area contributed by atoms with Gasteiger partial charge in [0, 0.05) is 0 Å². The van der Waals surface area contributed by atoms with E-state index in [-0.39, 0.29) is 0 Å². The Hall–Kier alpha value is -0.0400. The lowest BCUT2D eigenvalue weighted by molar-refractivity contribution is -0.0668. The van der Waals surface area contributed by atoms with E-state index in [1.54, 1.807) is 19.3 Å². The molecule has 0 N–H and O–H groups in total. The van der Waals surface area contributed by atoms with Crippen LogP contribution >= 0.6 is 0 Å². The molecule has 1 aliphatic heterocycles. The van der Waals surface area contributed by atoms with E-state index in [4.69, 9.17) is 4.74 Å². The average Bonchev–Trinajstić information content (AvgIpc) is 2.81. The first kappa shape index (κ1) is 7.28. The first-order valence-electron chi connectivity index (χ1n) is 5.96. The minimum absolute atomic E-state index is 0.689. The van der Waals surface area contributed by atoms with E-state index in [2.05, 4.69) is 0 Å². The van der Waals surface area contributed by atoms with E-state index in [9.17, 15) is 0 Å². The van der Waals surface area contributed by atoms with Gasteiger partial charge in [-0.3, -0.25) is 0 Å². The Kier molecular flexibility index (Phi) is 1.19. The Balaban J connectivity index is 1.71. The van der Waals surface area contributed by atoms with Gasteiger partial charge in [0.2, 0.25) is 0 Å². The molecule has 13 heavy (non-hydrogen) atoms. The summed E-state index contributed by atoms with van der Waals surface area (Å²) >= 11 is 0. The first-order valence-corrected chi connectivity index (χ1v) is 5.96. The van der Waals surface area contributed by atoms with Gasteiger partial charge >= 0.3 is 0 Å². The summed E-state index contributed by atoms with van der Waals surface area (Å²) in [5.41, 5.74) is 0.689. The van der Waals surface area contributed by atoms with Crippen molar-refractivity contribution in [2.75, 3.05) is 6.61 Å². The van der Waals surface area contributed by atoms with Crippen LogP contribution in [0.2, 0.25) is 0 Å². The number of hydrogen-bond acceptors (Lipinski definition) is 1. The van der Waals surface area contributed by atoms with Crippen molar-refractivity contribution >= 4 is 0 Å². The highest BCUT2D eigenvalue weighted by molar-refractivity contribution is 5.07. The molecule has 1 heteroatoms. The summed E-state index contributed by atoms with van der Waals surface area (Å²) in [4.78, 5) is 0. The molecule has 1 unspecified atom stereocenters. The minimum Gasteiger partial charge on any atom is -0.373 e. The molecule has 5 rings (SSSR count). The molecular weight excluding hydrogens is 160 g/mol. The van der Waals surface area contributed by atoms with Gasteiger partial charge in [-0.05, 0) is 61.7 Å². The molecule has 0 spiro atoms. The molecule has 72 valence electrons. The number of ether oxygens (including phenoxy) is 1. The van der Waals surface area contributed by atoms with Crippen LogP contribution < -0.4 is 0 Å². The van der Waals surface area contributed by atoms with Crippen LogP contribution in [0.25, 0.3) is 0 Å². The number of rotatable bonds is 1. The second-order valence-electron chi connectivity index (χ2n) is 6.10. The standard InChI is InChI=1S/C12H18O/c1-8-2-10-3-9(1)5-12(4-8,6-10)11-7-13-11/h8-11H,1-7H2. The van der Waals surface area contributed by atoms with E-state index in [1.807, 2.05) is 0 Å². The molecule has 1 atom stereocenters. The molecule has 0 aromatic carbocycles. The van der Waals surface area contributed by atoms with Crippen molar-refractivity contribution in [3.05, 3.63) is 0 Å². The maximum Gasteiger partial charge on any atom is 0.0866 e. The smallest absolute Gasteiger partial charge is 0.0866 e. The molecule has 0 amide bonds. The van der Waals surface area contributed by atoms with E-state index in [0.717, 1.165) is 24.4 Å². The summed E-state index contributed by atoms with van der Waals surface area (Å²) in [6, 6.07) is 0. The molecular formula is C12H18O. The Labute approximate surface area is 79.8 Å². The van der Waals surface area contributed by atoms with Crippen molar-refractivity contribution in [1.82, 2.24) is 0 Å². The van der Waals surface area contributed by atoms with Crippen molar-refractivity contribution in [2.24, 2.45) is 23.2 Å². The largest absolute Gasteiger partial charge is 0.373 e. The molecule has 0 radical (unpaired) electrons. The van der Waals surface area contributed by atoms with Gasteiger partial charge in [-0.2, -0.15) is 0 Å². The van der Waals surface area contributed by atoms with E-state index < -0.39 is 0 Å². The fraction of sp³-hybridized carbons (Fsp3) is 1.00. The fourth-order valence-corrected chi connectivity index (χ4v) is 4.97. The van der Waals surface area contributed by atoms with Gasteiger partial charge in [0.15, 0.2) is 0 Å². The van der Waals surface area contributed by atoms with E-state index in [1.165, 1.54) is 19.3 Å². The highest BCUT2D eigenvalue weighted by Gasteiger charge is 2.57. The van der Waals surface area contributed by atoms with Gasteiger partial charge in [0.05, 0.1) is 12.7 Å². The van der Waals surface area contributed by atoms with Crippen LogP contribution in [-0.4, -0.2) is 12.7 Å². The maximum atomic E-state index is 5.59. The Morgan fingerprint density at radius 3 is 1.69 bits per heavy atom. The lowest BCUT2D eigenvalue weighted by Crippen LogP contribution is -2.48. The highest BCUT2D eigenvalue weighted by atomic mass is 16.6. The molecule has 4 saturated carbocycles. The van der Waals surface area contributed by atoms with Crippen LogP contribution in [0.15, 0.2) is 0 Å². The summed E-state index contributed by atoms with van der Waals surface area (Å²) in [5, 5.41) is 0. The third kappa shape index (κ3) is 0.918. The second kappa shape index (κ2) is 2.13. The second-order valence-corrected chi connectivity index (χ2v) is 6.10. The zero-order valence-corrected chi connectivity index (χ0v) is 8.17. The monoisotopic (exact) mass is 178 g/mol. The molecule has 5 aliphatic rings. The predicted molar refractivity (Wildman–Crippen MR) is 50.3 cm³/mol. The molecule has 1 heterocycles. The zero-order valence-electron chi connectivity index (χ0n) is 8.17. The molecule has 0 aromatic heterocycles. The third-order valence-electron chi connectivity index (χ3n) is 5.10. The SMILES string of the molecule is C1C2CC3CC1CC(C1CO1)(C2)C3. The molecule has 1 saturated heterocycles. The van der Waals surface area contributed by atoms with Crippen LogP contribution in [0.1, 0.15) is 38.5 Å². The van der Waals surface area contributed by atoms with Gasteiger partial charge < -0.3 is 4.74 Å². The summed E-state index contributed by atoms with van der Waals surface area (Å²) < 4.78 is 5.59. The summed E-state index contributed by atoms with van der Waals surface area (Å²) in [6.45, 7) is 1.09. The van der Waals surface area contributed by atoms with Crippen LogP contribution in [0.3, 0.4) is 0 Å². The van der Waals surface area contributed by atoms with Crippen LogP contribution in [0.4, 0.5) is 0 Å². The normalized spacial score (nSPS) is 62.8. The summed E-state index contributed by atoms with van der Waals surface area (Å²) in [6.07, 6.45) is 9.93. The molecule has 4 bridgehead atoms. The maximum absolute atomic E-state index is 5.59. The fourth-order valence-electron chi connectivity index (χ4n) is 4.97. The predicted octanol–water partition coefficient (Wildman–Crippen LogP) is 2.60. The Bertz CT molecular complexity index is 206. The van der Waals surface area contributed by atoms with Gasteiger partial charge in [-0.1, -0.05) is 0 Å². The Morgan fingerprint density at radius 2 is 1.31 bits per heavy atom. The van der Waals surface area contributed by atoms with Gasteiger partial charge in [-0.15, -0.1) is 0 Å². The highest BCUT2D eigenvalue weighted by Crippen LogP contribution is 2.63. The van der Waals surface area contributed by atoms with Crippen molar-refractivity contribution in [1.29, 1.82) is 0 Å². The number of epoxide rings is 1. The van der Waals surface area contributed by atoms with Gasteiger partial charge in [-0.25, -0.2) is 0 Å². The minimum atomic E-state index is 0.689. The third-order valence-corrected chi connectivity index (χ3v) is 5.10. The van der Waals surface area contributed by atoms with Crippen molar-refractivity contribution in [3.63, 3.8) is 0 Å². The van der Waals surface area contributed by atoms with Crippen LogP contribution in [0, 0.1) is 23.2 Å². The van der Waals surface area contributed by atoms with Crippen molar-refractivity contribution < 1.29 is 4.74 Å². The van der Waals surface area contributed by atoms with Gasteiger partial charge in [0.1, 0.15) is 0 Å². The molecule has 4 aliphatic carbocycles. The molecule has 0 aromatic rings. The summed E-state index contributed by atoms with van der Waals surface area (Å²) in [5.74, 6) is 3.28. The summed E-state index contributed by atoms with van der Waals surface area (Å²) in [7, 11) is 0. The lowest BCUT2D eigenvalue weighted by atomic mass is 9.49. The van der Waals surface area contributed by atoms with E-state index in [0.29, 0.717) is 11.5 Å². The number of hydrogen-bond donors (Lipinski definition) is 0.